The quantitative estimate of drug-likeness (QED) is 0.116. The monoisotopic (exact) mass is 525 g/mol. The molecule has 0 aromatic carbocycles. The molecule has 17 N–H and O–H groups in total. The lowest BCUT2D eigenvalue weighted by molar-refractivity contribution is -0.141. The number of carboxylic acids is 4. The number of aliphatic carboxylic acids is 4. The van der Waals surface area contributed by atoms with Crippen LogP contribution in [-0.2, 0) is 25.6 Å². The number of nitrogens with one attached hydrogen (secondary N) is 1. The molecule has 0 unspecified atom stereocenters. The van der Waals surface area contributed by atoms with Crippen LogP contribution in [-0.4, -0.2) is 108 Å². The Labute approximate surface area is 207 Å². The van der Waals surface area contributed by atoms with Gasteiger partial charge >= 0.3 is 23.9 Å². The van der Waals surface area contributed by atoms with Gasteiger partial charge in [0.1, 0.15) is 24.2 Å². The molecule has 0 spiro atoms. The first-order chi connectivity index (χ1) is 16.6. The number of aromatic nitrogens is 2. The summed E-state index contributed by atoms with van der Waals surface area (Å²) in [5.41, 5.74) is 26.1. The van der Waals surface area contributed by atoms with E-state index < -0.39 is 60.8 Å². The Hall–Kier alpha value is -3.19. The zero-order valence-corrected chi connectivity index (χ0v) is 19.9. The number of rotatable bonds is 12. The number of aliphatic hydroxyl groups excluding tert-OH is 2. The SMILES string of the molecule is C[C@@H](O)[C@H](N)C(=O)O.NCCCC[C@H](N)C(=O)O.N[C@@H](CO)C(=O)O.N[C@@H](Cc1cnc[nH]1)C(=O)O. The predicted molar refractivity (Wildman–Crippen MR) is 126 cm³/mol. The number of aliphatic hydroxyl groups is 2. The van der Waals surface area contributed by atoms with Crippen LogP contribution < -0.4 is 28.7 Å². The summed E-state index contributed by atoms with van der Waals surface area (Å²) >= 11 is 0. The molecule has 1 rings (SSSR count). The van der Waals surface area contributed by atoms with Gasteiger partial charge in [0.25, 0.3) is 0 Å². The second kappa shape index (κ2) is 22.3. The molecule has 0 amide bonds. The Morgan fingerprint density at radius 2 is 1.39 bits per heavy atom. The van der Waals surface area contributed by atoms with Gasteiger partial charge in [-0.1, -0.05) is 6.42 Å². The minimum Gasteiger partial charge on any atom is -0.480 e. The topological polar surface area (TPSA) is 348 Å². The molecule has 210 valence electrons. The van der Waals surface area contributed by atoms with E-state index in [1.54, 1.807) is 6.20 Å². The number of imidazole rings is 1. The molecule has 36 heavy (non-hydrogen) atoms. The first-order valence-electron chi connectivity index (χ1n) is 10.5. The van der Waals surface area contributed by atoms with Crippen molar-refractivity contribution in [2.24, 2.45) is 28.7 Å². The number of aromatic amines is 1. The summed E-state index contributed by atoms with van der Waals surface area (Å²) in [7, 11) is 0. The summed E-state index contributed by atoms with van der Waals surface area (Å²) in [5, 5.41) is 49.2. The molecule has 0 fully saturated rings. The van der Waals surface area contributed by atoms with Crippen molar-refractivity contribution in [2.45, 2.75) is 62.9 Å². The molecule has 0 saturated carbocycles. The van der Waals surface area contributed by atoms with E-state index in [4.69, 9.17) is 59.3 Å². The molecule has 1 aromatic heterocycles. The molecular weight excluding hydrogens is 486 g/mol. The molecule has 5 atom stereocenters. The molecule has 17 heteroatoms. The molecule has 1 aromatic rings. The minimum absolute atomic E-state index is 0.287. The third-order valence-corrected chi connectivity index (χ3v) is 3.92. The molecule has 0 aliphatic heterocycles. The summed E-state index contributed by atoms with van der Waals surface area (Å²) in [6.45, 7) is 1.43. The summed E-state index contributed by atoms with van der Waals surface area (Å²) in [5.74, 6) is -4.29. The fraction of sp³-hybridized carbons (Fsp3) is 0.632. The number of nitrogens with two attached hydrogens (primary N) is 5. The van der Waals surface area contributed by atoms with Crippen molar-refractivity contribution in [3.05, 3.63) is 18.2 Å². The van der Waals surface area contributed by atoms with Crippen LogP contribution in [0.25, 0.3) is 0 Å². The molecule has 1 heterocycles. The van der Waals surface area contributed by atoms with Crippen molar-refractivity contribution in [3.8, 4) is 0 Å². The van der Waals surface area contributed by atoms with Gasteiger partial charge in [-0.3, -0.25) is 19.2 Å². The van der Waals surface area contributed by atoms with E-state index in [1.807, 2.05) is 0 Å². The largest absolute Gasteiger partial charge is 0.480 e. The van der Waals surface area contributed by atoms with Crippen molar-refractivity contribution in [2.75, 3.05) is 13.2 Å². The smallest absolute Gasteiger partial charge is 0.323 e. The van der Waals surface area contributed by atoms with Gasteiger partial charge in [0, 0.05) is 18.3 Å². The van der Waals surface area contributed by atoms with Crippen molar-refractivity contribution in [3.63, 3.8) is 0 Å². The minimum atomic E-state index is -1.18. The molecule has 0 aliphatic carbocycles. The second-order valence-electron chi connectivity index (χ2n) is 7.19. The highest BCUT2D eigenvalue weighted by molar-refractivity contribution is 5.74. The lowest BCUT2D eigenvalue weighted by atomic mass is 10.1. The van der Waals surface area contributed by atoms with Crippen LogP contribution in [0.4, 0.5) is 0 Å². The van der Waals surface area contributed by atoms with Gasteiger partial charge in [0.2, 0.25) is 0 Å². The van der Waals surface area contributed by atoms with Gasteiger partial charge in [-0.2, -0.15) is 0 Å². The normalized spacial score (nSPS) is 14.0. The van der Waals surface area contributed by atoms with E-state index in [9.17, 15) is 19.2 Å². The second-order valence-corrected chi connectivity index (χ2v) is 7.19. The van der Waals surface area contributed by atoms with Gasteiger partial charge in [-0.15, -0.1) is 0 Å². The Kier molecular flexibility index (Phi) is 23.1. The summed E-state index contributed by atoms with van der Waals surface area (Å²) in [4.78, 5) is 46.4. The fourth-order valence-corrected chi connectivity index (χ4v) is 1.64. The van der Waals surface area contributed by atoms with E-state index in [-0.39, 0.29) is 6.42 Å². The van der Waals surface area contributed by atoms with E-state index in [0.29, 0.717) is 13.0 Å². The fourth-order valence-electron chi connectivity index (χ4n) is 1.64. The van der Waals surface area contributed by atoms with Gasteiger partial charge in [0.05, 0.1) is 19.0 Å². The standard InChI is InChI=1S/C6H9N3O2.C6H14N2O2.C4H9NO3.C3H7NO3/c7-5(6(10)11)1-4-2-8-3-9-4;7-4-2-1-3-5(8)6(9)10;1-2(6)3(5)4(7)8;4-2(1-5)3(6)7/h2-3,5H,1,7H2,(H,8,9)(H,10,11);5H,1-4,7-8H2,(H,9,10);2-3,6H,5H2,1H3,(H,7,8);2,5H,1,4H2,(H,6,7)/t2*5-;2-,3+;2-/m0010/s1. The first kappa shape index (κ1) is 37.4. The van der Waals surface area contributed by atoms with Crippen LogP contribution in [0.15, 0.2) is 12.5 Å². The average Bonchev–Trinajstić information content (AvgIpc) is 3.32. The van der Waals surface area contributed by atoms with E-state index in [2.05, 4.69) is 9.97 Å². The van der Waals surface area contributed by atoms with Crippen molar-refractivity contribution in [1.29, 1.82) is 0 Å². The Morgan fingerprint density at radius 1 is 0.889 bits per heavy atom. The first-order valence-corrected chi connectivity index (χ1v) is 10.5. The van der Waals surface area contributed by atoms with Crippen LogP contribution in [0.1, 0.15) is 31.9 Å². The van der Waals surface area contributed by atoms with Gasteiger partial charge in [-0.05, 0) is 26.3 Å². The number of hydrogen-bond acceptors (Lipinski definition) is 12. The lowest BCUT2D eigenvalue weighted by Crippen LogP contribution is -2.39. The van der Waals surface area contributed by atoms with Gasteiger partial charge in [-0.25, -0.2) is 4.98 Å². The van der Waals surface area contributed by atoms with Gasteiger partial charge in [0.15, 0.2) is 0 Å². The average molecular weight is 526 g/mol. The third-order valence-electron chi connectivity index (χ3n) is 3.92. The molecule has 0 bridgehead atoms. The zero-order valence-electron chi connectivity index (χ0n) is 19.9. The number of hydrogen-bond donors (Lipinski definition) is 12. The maximum Gasteiger partial charge on any atom is 0.323 e. The summed E-state index contributed by atoms with van der Waals surface area (Å²) in [6.07, 6.45) is 4.52. The van der Waals surface area contributed by atoms with Crippen LogP contribution in [0.5, 0.6) is 0 Å². The lowest BCUT2D eigenvalue weighted by Gasteiger charge is -2.06. The Morgan fingerprint density at radius 3 is 1.64 bits per heavy atom. The van der Waals surface area contributed by atoms with E-state index >= 15 is 0 Å². The zero-order chi connectivity index (χ0) is 28.8. The number of carboxylic acid groups (broad SMARTS) is 4. The van der Waals surface area contributed by atoms with Crippen LogP contribution in [0.3, 0.4) is 0 Å². The summed E-state index contributed by atoms with van der Waals surface area (Å²) < 4.78 is 0. The van der Waals surface area contributed by atoms with Gasteiger partial charge < -0.3 is 64.3 Å². The van der Waals surface area contributed by atoms with Crippen LogP contribution >= 0.6 is 0 Å². The molecule has 17 nitrogen and oxygen atoms in total. The highest BCUT2D eigenvalue weighted by atomic mass is 16.4. The summed E-state index contributed by atoms with van der Waals surface area (Å²) in [6, 6.07) is -3.85. The number of H-pyrrole nitrogens is 1. The van der Waals surface area contributed by atoms with E-state index in [0.717, 1.165) is 18.5 Å². The highest BCUT2D eigenvalue weighted by Gasteiger charge is 2.16. The number of carbonyl (C=O) groups is 4. The predicted octanol–water partition coefficient (Wildman–Crippen LogP) is -3.94. The number of nitrogens with zero attached hydrogens (tertiary/aromatic N) is 1. The molecule has 0 radical (unpaired) electrons. The van der Waals surface area contributed by atoms with Crippen LogP contribution in [0.2, 0.25) is 0 Å². The van der Waals surface area contributed by atoms with Crippen molar-refractivity contribution < 1.29 is 49.8 Å². The number of unbranched alkanes of at least 4 members (excludes halogenated alkanes) is 1. The van der Waals surface area contributed by atoms with E-state index in [1.165, 1.54) is 13.3 Å². The maximum atomic E-state index is 10.3. The Balaban J connectivity index is -0.000000410. The highest BCUT2D eigenvalue weighted by Crippen LogP contribution is 1.97. The molecule has 0 saturated heterocycles. The Bertz CT molecular complexity index is 734. The molecular formula is C19H39N7O10. The maximum absolute atomic E-state index is 10.3. The van der Waals surface area contributed by atoms with Crippen molar-refractivity contribution >= 4 is 23.9 Å². The third kappa shape index (κ3) is 22.6. The molecule has 0 aliphatic rings. The van der Waals surface area contributed by atoms with Crippen LogP contribution in [0, 0.1) is 0 Å². The van der Waals surface area contributed by atoms with Crippen molar-refractivity contribution in [1.82, 2.24) is 9.97 Å².